The molecule has 0 amide bonds. The van der Waals surface area contributed by atoms with Crippen LogP contribution in [-0.2, 0) is 5.33 Å². The molecule has 0 N–H and O–H groups in total. The first-order valence-electron chi connectivity index (χ1n) is 5.99. The highest BCUT2D eigenvalue weighted by molar-refractivity contribution is 9.08. The molecule has 16 heavy (non-hydrogen) atoms. The molecule has 0 radical (unpaired) electrons. The molecule has 88 valence electrons. The summed E-state index contributed by atoms with van der Waals surface area (Å²) in [5.41, 5.74) is 1.30. The molecule has 1 aliphatic heterocycles. The van der Waals surface area contributed by atoms with E-state index in [9.17, 15) is 0 Å². The van der Waals surface area contributed by atoms with Crippen LogP contribution in [0.4, 0.5) is 5.82 Å². The van der Waals surface area contributed by atoms with Crippen LogP contribution in [0.15, 0.2) is 18.3 Å². The number of hydrogen-bond acceptors (Lipinski definition) is 2. The van der Waals surface area contributed by atoms with E-state index < -0.39 is 0 Å². The van der Waals surface area contributed by atoms with Gasteiger partial charge >= 0.3 is 0 Å². The molecule has 0 saturated carbocycles. The van der Waals surface area contributed by atoms with E-state index in [1.54, 1.807) is 0 Å². The van der Waals surface area contributed by atoms with Gasteiger partial charge in [0.25, 0.3) is 0 Å². The molecule has 2 rings (SSSR count). The number of halogens is 1. The Bertz CT molecular complexity index is 354. The average molecular weight is 283 g/mol. The van der Waals surface area contributed by atoms with Crippen molar-refractivity contribution in [2.24, 2.45) is 5.92 Å². The molecule has 0 bridgehead atoms. The van der Waals surface area contributed by atoms with Gasteiger partial charge in [-0.15, -0.1) is 0 Å². The summed E-state index contributed by atoms with van der Waals surface area (Å²) in [5.74, 6) is 2.01. The highest BCUT2D eigenvalue weighted by Crippen LogP contribution is 2.29. The van der Waals surface area contributed by atoms with E-state index in [1.807, 2.05) is 12.3 Å². The quantitative estimate of drug-likeness (QED) is 0.771. The van der Waals surface area contributed by atoms with Crippen LogP contribution >= 0.6 is 15.9 Å². The Hall–Kier alpha value is -0.570. The van der Waals surface area contributed by atoms with E-state index in [0.29, 0.717) is 6.04 Å². The highest BCUT2D eigenvalue weighted by Gasteiger charge is 2.24. The molecule has 1 aliphatic rings. The van der Waals surface area contributed by atoms with Gasteiger partial charge in [0.1, 0.15) is 5.82 Å². The minimum Gasteiger partial charge on any atom is -0.354 e. The molecular formula is C13H19BrN2. The second-order valence-corrected chi connectivity index (χ2v) is 5.35. The number of rotatable bonds is 2. The minimum atomic E-state index is 0.608. The second kappa shape index (κ2) is 5.17. The van der Waals surface area contributed by atoms with Crippen molar-refractivity contribution in [3.63, 3.8) is 0 Å². The SMILES string of the molecule is CC1CCN(c2ncccc2CBr)C(C)C1. The third-order valence-electron chi connectivity index (χ3n) is 3.42. The Kier molecular flexibility index (Phi) is 3.85. The first kappa shape index (κ1) is 11.9. The van der Waals surface area contributed by atoms with E-state index >= 15 is 0 Å². The first-order chi connectivity index (χ1) is 7.72. The molecular weight excluding hydrogens is 264 g/mol. The Morgan fingerprint density at radius 1 is 1.50 bits per heavy atom. The summed E-state index contributed by atoms with van der Waals surface area (Å²) in [4.78, 5) is 7.00. The molecule has 0 aliphatic carbocycles. The molecule has 0 aromatic carbocycles. The van der Waals surface area contributed by atoms with Crippen molar-refractivity contribution in [1.29, 1.82) is 0 Å². The number of alkyl halides is 1. The van der Waals surface area contributed by atoms with Crippen molar-refractivity contribution in [3.05, 3.63) is 23.9 Å². The zero-order valence-electron chi connectivity index (χ0n) is 9.99. The lowest BCUT2D eigenvalue weighted by Crippen LogP contribution is -2.41. The summed E-state index contributed by atoms with van der Waals surface area (Å²) in [5, 5.41) is 0.884. The summed E-state index contributed by atoms with van der Waals surface area (Å²) in [6.45, 7) is 5.79. The lowest BCUT2D eigenvalue weighted by atomic mass is 9.93. The van der Waals surface area contributed by atoms with Crippen LogP contribution in [0.3, 0.4) is 0 Å². The summed E-state index contributed by atoms with van der Waals surface area (Å²) >= 11 is 3.54. The Morgan fingerprint density at radius 3 is 3.00 bits per heavy atom. The van der Waals surface area contributed by atoms with Gasteiger partial charge in [-0.25, -0.2) is 4.98 Å². The standard InChI is InChI=1S/C13H19BrN2/c1-10-5-7-16(11(2)8-10)13-12(9-14)4-3-6-15-13/h3-4,6,10-11H,5,7-9H2,1-2H3. The third kappa shape index (κ3) is 2.40. The van der Waals surface area contributed by atoms with Crippen LogP contribution < -0.4 is 4.90 Å². The van der Waals surface area contributed by atoms with Gasteiger partial charge in [-0.1, -0.05) is 28.9 Å². The predicted octanol–water partition coefficient (Wildman–Crippen LogP) is 3.60. The third-order valence-corrected chi connectivity index (χ3v) is 4.03. The maximum absolute atomic E-state index is 4.54. The zero-order valence-corrected chi connectivity index (χ0v) is 11.6. The van der Waals surface area contributed by atoms with Crippen molar-refractivity contribution in [2.45, 2.75) is 38.1 Å². The maximum Gasteiger partial charge on any atom is 0.132 e. The fourth-order valence-electron chi connectivity index (χ4n) is 2.52. The van der Waals surface area contributed by atoms with Gasteiger partial charge < -0.3 is 4.90 Å². The molecule has 2 unspecified atom stereocenters. The average Bonchev–Trinajstić information content (AvgIpc) is 2.29. The number of aromatic nitrogens is 1. The molecule has 0 spiro atoms. The van der Waals surface area contributed by atoms with Gasteiger partial charge in [-0.05, 0) is 31.7 Å². The van der Waals surface area contributed by atoms with Crippen LogP contribution in [0.2, 0.25) is 0 Å². The Labute approximate surface area is 106 Å². The van der Waals surface area contributed by atoms with Gasteiger partial charge in [-0.3, -0.25) is 0 Å². The van der Waals surface area contributed by atoms with E-state index in [0.717, 1.165) is 17.8 Å². The van der Waals surface area contributed by atoms with E-state index in [4.69, 9.17) is 0 Å². The van der Waals surface area contributed by atoms with Crippen LogP contribution in [-0.4, -0.2) is 17.6 Å². The van der Waals surface area contributed by atoms with Crippen molar-refractivity contribution < 1.29 is 0 Å². The molecule has 3 heteroatoms. The number of pyridine rings is 1. The molecule has 2 nitrogen and oxygen atoms in total. The van der Waals surface area contributed by atoms with Crippen molar-refractivity contribution in [2.75, 3.05) is 11.4 Å². The zero-order chi connectivity index (χ0) is 11.5. The maximum atomic E-state index is 4.54. The summed E-state index contributed by atoms with van der Waals surface area (Å²) in [6, 6.07) is 4.77. The van der Waals surface area contributed by atoms with E-state index in [-0.39, 0.29) is 0 Å². The number of anilines is 1. The molecule has 1 saturated heterocycles. The van der Waals surface area contributed by atoms with Gasteiger partial charge in [0.15, 0.2) is 0 Å². The molecule has 1 aromatic rings. The largest absolute Gasteiger partial charge is 0.354 e. The van der Waals surface area contributed by atoms with Gasteiger partial charge in [0.2, 0.25) is 0 Å². The normalized spacial score (nSPS) is 25.8. The number of hydrogen-bond donors (Lipinski definition) is 0. The van der Waals surface area contributed by atoms with Crippen molar-refractivity contribution in [1.82, 2.24) is 4.98 Å². The number of nitrogens with zero attached hydrogens (tertiary/aromatic N) is 2. The number of piperidine rings is 1. The predicted molar refractivity (Wildman–Crippen MR) is 72.1 cm³/mol. The van der Waals surface area contributed by atoms with Gasteiger partial charge in [0.05, 0.1) is 0 Å². The smallest absolute Gasteiger partial charge is 0.132 e. The fourth-order valence-corrected chi connectivity index (χ4v) is 2.95. The molecule has 2 heterocycles. The summed E-state index contributed by atoms with van der Waals surface area (Å²) in [6.07, 6.45) is 4.45. The summed E-state index contributed by atoms with van der Waals surface area (Å²) < 4.78 is 0. The van der Waals surface area contributed by atoms with Crippen LogP contribution in [0.25, 0.3) is 0 Å². The van der Waals surface area contributed by atoms with E-state index in [2.05, 4.69) is 45.7 Å². The molecule has 2 atom stereocenters. The monoisotopic (exact) mass is 282 g/mol. The summed E-state index contributed by atoms with van der Waals surface area (Å²) in [7, 11) is 0. The Balaban J connectivity index is 2.23. The topological polar surface area (TPSA) is 16.1 Å². The first-order valence-corrected chi connectivity index (χ1v) is 7.11. The highest BCUT2D eigenvalue weighted by atomic mass is 79.9. The van der Waals surface area contributed by atoms with Crippen LogP contribution in [0, 0.1) is 5.92 Å². The van der Waals surface area contributed by atoms with Gasteiger partial charge in [0, 0.05) is 29.7 Å². The van der Waals surface area contributed by atoms with Crippen LogP contribution in [0.1, 0.15) is 32.3 Å². The minimum absolute atomic E-state index is 0.608. The Morgan fingerprint density at radius 2 is 2.31 bits per heavy atom. The van der Waals surface area contributed by atoms with E-state index in [1.165, 1.54) is 24.2 Å². The van der Waals surface area contributed by atoms with Crippen LogP contribution in [0.5, 0.6) is 0 Å². The fraction of sp³-hybridized carbons (Fsp3) is 0.615. The lowest BCUT2D eigenvalue weighted by molar-refractivity contribution is 0.375. The second-order valence-electron chi connectivity index (χ2n) is 4.79. The molecule has 1 fully saturated rings. The van der Waals surface area contributed by atoms with Crippen molar-refractivity contribution in [3.8, 4) is 0 Å². The lowest BCUT2D eigenvalue weighted by Gasteiger charge is -2.38. The molecule has 1 aromatic heterocycles. The van der Waals surface area contributed by atoms with Gasteiger partial charge in [-0.2, -0.15) is 0 Å². The van der Waals surface area contributed by atoms with Crippen molar-refractivity contribution >= 4 is 21.7 Å².